The van der Waals surface area contributed by atoms with Gasteiger partial charge in [0.2, 0.25) is 0 Å². The highest BCUT2D eigenvalue weighted by atomic mass is 28.3. The molecule has 0 aliphatic carbocycles. The molecule has 0 aliphatic heterocycles. The second-order valence-corrected chi connectivity index (χ2v) is 23.6. The van der Waals surface area contributed by atoms with Gasteiger partial charge in [0.05, 0.1) is 71.2 Å². The second-order valence-electron chi connectivity index (χ2n) is 14.2. The lowest BCUT2D eigenvalue weighted by molar-refractivity contribution is 0.357. The molecule has 0 saturated heterocycles. The molecule has 0 radical (unpaired) electrons. The quantitative estimate of drug-likeness (QED) is 0.0556. The fourth-order valence-electron chi connectivity index (χ4n) is 7.72. The monoisotopic (exact) mass is 782 g/mol. The minimum Gasteiger partial charge on any atom is -0.493 e. The van der Waals surface area contributed by atoms with E-state index in [4.69, 9.17) is 28.4 Å². The van der Waals surface area contributed by atoms with E-state index in [0.717, 1.165) is 34.5 Å². The van der Waals surface area contributed by atoms with E-state index in [9.17, 15) is 0 Å². The number of ether oxygens (including phenoxy) is 6. The van der Waals surface area contributed by atoms with Gasteiger partial charge in [-0.1, -0.05) is 150 Å². The molecule has 52 heavy (non-hydrogen) atoms. The van der Waals surface area contributed by atoms with Gasteiger partial charge in [0, 0.05) is 8.80 Å². The Balaban J connectivity index is 1.36. The number of hydrogen-bond acceptors (Lipinski definition) is 6. The van der Waals surface area contributed by atoms with E-state index < -0.39 is 8.80 Å². The van der Waals surface area contributed by atoms with Gasteiger partial charge in [-0.15, -0.1) is 0 Å². The largest absolute Gasteiger partial charge is 0.493 e. The van der Waals surface area contributed by atoms with E-state index in [1.165, 1.54) is 111 Å². The van der Waals surface area contributed by atoms with Crippen LogP contribution in [-0.2, 0) is 0 Å². The summed E-state index contributed by atoms with van der Waals surface area (Å²) in [6.45, 7) is 0. The summed E-state index contributed by atoms with van der Waals surface area (Å²) in [4.78, 5) is 0. The van der Waals surface area contributed by atoms with Crippen molar-refractivity contribution in [3.05, 3.63) is 54.6 Å². The molecule has 290 valence electrons. The first-order valence-electron chi connectivity index (χ1n) is 20.2. The van der Waals surface area contributed by atoms with Crippen LogP contribution in [0.2, 0.25) is 36.3 Å². The molecule has 0 fully saturated rings. The molecule has 3 aromatic rings. The molecule has 0 aromatic heterocycles. The summed E-state index contributed by atoms with van der Waals surface area (Å²) in [5.41, 5.74) is 0. The van der Waals surface area contributed by atoms with E-state index in [1.807, 2.05) is 18.2 Å². The zero-order valence-electron chi connectivity index (χ0n) is 33.6. The van der Waals surface area contributed by atoms with Crippen molar-refractivity contribution in [2.75, 3.05) is 42.7 Å². The first-order chi connectivity index (χ1) is 25.6. The maximum atomic E-state index is 5.68. The molecule has 0 atom stereocenters. The lowest BCUT2D eigenvalue weighted by Crippen LogP contribution is -2.17. The summed E-state index contributed by atoms with van der Waals surface area (Å²) in [7, 11) is 8.81. The van der Waals surface area contributed by atoms with Gasteiger partial charge in [-0.3, -0.25) is 0 Å². The SMILES string of the molecule is COc1cccc([SiH2]CCCCCC[SiH](CCCCCC[SiH2]c2cccc(OC)c2OC)CCCCCC[SiH2]c2cccc(OC)c2OC)c1OC. The van der Waals surface area contributed by atoms with Crippen LogP contribution in [0.3, 0.4) is 0 Å². The Labute approximate surface area is 325 Å². The van der Waals surface area contributed by atoms with Gasteiger partial charge in [0.1, 0.15) is 0 Å². The normalized spacial score (nSPS) is 12.3. The predicted molar refractivity (Wildman–Crippen MR) is 235 cm³/mol. The molecule has 0 aliphatic rings. The molecule has 0 amide bonds. The summed E-state index contributed by atoms with van der Waals surface area (Å²) in [5.74, 6) is 5.50. The highest BCUT2D eigenvalue weighted by molar-refractivity contribution is 6.58. The molecule has 10 heteroatoms. The zero-order valence-corrected chi connectivity index (χ0v) is 39.0. The summed E-state index contributed by atoms with van der Waals surface area (Å²) in [6, 6.07) is 27.8. The summed E-state index contributed by atoms with van der Waals surface area (Å²) >= 11 is 0. The van der Waals surface area contributed by atoms with Crippen LogP contribution in [0.25, 0.3) is 0 Å². The topological polar surface area (TPSA) is 55.4 Å². The zero-order chi connectivity index (χ0) is 37.2. The average molecular weight is 783 g/mol. The van der Waals surface area contributed by atoms with Gasteiger partial charge in [-0.25, -0.2) is 0 Å². The highest BCUT2D eigenvalue weighted by Gasteiger charge is 2.13. The first kappa shape index (κ1) is 43.7. The van der Waals surface area contributed by atoms with E-state index >= 15 is 0 Å². The Bertz CT molecular complexity index is 1230. The third kappa shape index (κ3) is 15.4. The molecule has 0 heterocycles. The molecule has 0 unspecified atom stereocenters. The standard InChI is InChI=1S/C42H70O6Si4/c1-43-34-22-19-25-37(40(34)46-4)49-28-13-7-10-16-31-52(32-17-11-8-14-29-50-38-26-20-23-35(44-2)41(38)47-5)33-18-12-9-15-30-51-39-27-21-24-36(45-3)42(39)48-6/h19-27,52H,7-18,28-33,49-51H2,1-6H3. The van der Waals surface area contributed by atoms with Crippen molar-refractivity contribution >= 4 is 52.9 Å². The molecule has 3 rings (SSSR count). The van der Waals surface area contributed by atoms with Crippen LogP contribution in [0, 0.1) is 0 Å². The van der Waals surface area contributed by atoms with E-state index in [2.05, 4.69) is 36.4 Å². The molecule has 6 nitrogen and oxygen atoms in total. The Morgan fingerprint density at radius 2 is 0.654 bits per heavy atom. The lowest BCUT2D eigenvalue weighted by atomic mass is 10.2. The molecule has 0 saturated carbocycles. The van der Waals surface area contributed by atoms with Gasteiger partial charge in [0.15, 0.2) is 34.5 Å². The summed E-state index contributed by atoms with van der Waals surface area (Å²) in [5, 5.41) is 4.21. The maximum Gasteiger partial charge on any atom is 0.160 e. The van der Waals surface area contributed by atoms with Crippen molar-refractivity contribution < 1.29 is 28.4 Å². The van der Waals surface area contributed by atoms with Crippen LogP contribution in [0.5, 0.6) is 34.5 Å². The third-order valence-corrected chi connectivity index (χ3v) is 20.2. The van der Waals surface area contributed by atoms with E-state index in [1.54, 1.807) is 60.8 Å². The van der Waals surface area contributed by atoms with Crippen LogP contribution < -0.4 is 44.0 Å². The fraction of sp³-hybridized carbons (Fsp3) is 0.571. The Hall–Kier alpha value is -2.67. The third-order valence-electron chi connectivity index (χ3n) is 10.6. The van der Waals surface area contributed by atoms with E-state index in [0.29, 0.717) is 0 Å². The van der Waals surface area contributed by atoms with Crippen LogP contribution in [-0.4, -0.2) is 80.0 Å². The number of rotatable bonds is 30. The van der Waals surface area contributed by atoms with Crippen LogP contribution >= 0.6 is 0 Å². The highest BCUT2D eigenvalue weighted by Crippen LogP contribution is 2.26. The Morgan fingerprint density at radius 1 is 0.365 bits per heavy atom. The lowest BCUT2D eigenvalue weighted by Gasteiger charge is -2.16. The molecule has 0 bridgehead atoms. The average Bonchev–Trinajstić information content (AvgIpc) is 3.18. The van der Waals surface area contributed by atoms with Gasteiger partial charge < -0.3 is 28.4 Å². The van der Waals surface area contributed by atoms with Crippen molar-refractivity contribution in [1.29, 1.82) is 0 Å². The molecule has 0 N–H and O–H groups in total. The maximum absolute atomic E-state index is 5.68. The van der Waals surface area contributed by atoms with Crippen molar-refractivity contribution in [1.82, 2.24) is 0 Å². The summed E-state index contributed by atoms with van der Waals surface area (Å²) < 4.78 is 33.6. The smallest absolute Gasteiger partial charge is 0.160 e. The number of hydrogen-bond donors (Lipinski definition) is 0. The predicted octanol–water partition coefficient (Wildman–Crippen LogP) is 6.68. The first-order valence-corrected chi connectivity index (χ1v) is 27.8. The number of unbranched alkanes of at least 4 members (excludes halogenated alkanes) is 9. The molecule has 3 aromatic carbocycles. The van der Waals surface area contributed by atoms with Gasteiger partial charge in [-0.05, 0) is 33.8 Å². The van der Waals surface area contributed by atoms with Crippen molar-refractivity contribution in [3.8, 4) is 34.5 Å². The molecule has 0 spiro atoms. The van der Waals surface area contributed by atoms with Crippen molar-refractivity contribution in [2.45, 2.75) is 113 Å². The fourth-order valence-corrected chi connectivity index (χ4v) is 16.7. The number of methoxy groups -OCH3 is 6. The second kappa shape index (κ2) is 27.0. The summed E-state index contributed by atoms with van der Waals surface area (Å²) in [6.07, 6.45) is 16.8. The van der Waals surface area contributed by atoms with Crippen molar-refractivity contribution in [3.63, 3.8) is 0 Å². The number of benzene rings is 3. The minimum absolute atomic E-state index is 0.332. The van der Waals surface area contributed by atoms with Crippen LogP contribution in [0.1, 0.15) is 77.0 Å². The van der Waals surface area contributed by atoms with Gasteiger partial charge in [0.25, 0.3) is 0 Å². The van der Waals surface area contributed by atoms with Crippen molar-refractivity contribution in [2.24, 2.45) is 0 Å². The van der Waals surface area contributed by atoms with E-state index in [-0.39, 0.29) is 28.6 Å². The molecular weight excluding hydrogens is 713 g/mol. The Morgan fingerprint density at radius 3 is 0.923 bits per heavy atom. The molecular formula is C42H70O6Si4. The van der Waals surface area contributed by atoms with Crippen LogP contribution in [0.15, 0.2) is 54.6 Å². The number of para-hydroxylation sites is 3. The minimum atomic E-state index is -0.684. The van der Waals surface area contributed by atoms with Crippen LogP contribution in [0.4, 0.5) is 0 Å². The Kier molecular flexibility index (Phi) is 22.7. The van der Waals surface area contributed by atoms with Gasteiger partial charge >= 0.3 is 0 Å². The van der Waals surface area contributed by atoms with Gasteiger partial charge in [-0.2, -0.15) is 0 Å².